The Morgan fingerprint density at radius 3 is 2.56 bits per heavy atom. The summed E-state index contributed by atoms with van der Waals surface area (Å²) < 4.78 is 34.9. The molecule has 4 heterocycles. The van der Waals surface area contributed by atoms with Crippen molar-refractivity contribution in [1.82, 2.24) is 19.4 Å². The molecule has 1 aliphatic heterocycles. The van der Waals surface area contributed by atoms with E-state index in [-0.39, 0.29) is 4.90 Å². The number of piperazine rings is 1. The molecule has 5 aromatic rings. The highest BCUT2D eigenvalue weighted by Gasteiger charge is 2.33. The van der Waals surface area contributed by atoms with Crippen molar-refractivity contribution in [3.8, 4) is 0 Å². The Balaban J connectivity index is 1.36. The Hall–Kier alpha value is -3.47. The van der Waals surface area contributed by atoms with Crippen LogP contribution in [0.3, 0.4) is 0 Å². The van der Waals surface area contributed by atoms with E-state index in [2.05, 4.69) is 20.0 Å². The fourth-order valence-electron chi connectivity index (χ4n) is 4.51. The number of sulfonamides is 1. The molecule has 6 rings (SSSR count). The third kappa shape index (κ3) is 4.11. The van der Waals surface area contributed by atoms with E-state index in [4.69, 9.17) is 4.52 Å². The van der Waals surface area contributed by atoms with Crippen LogP contribution < -0.4 is 4.90 Å². The number of anilines is 1. The molecule has 0 atom stereocenters. The number of rotatable bonds is 5. The zero-order valence-electron chi connectivity index (χ0n) is 19.5. The summed E-state index contributed by atoms with van der Waals surface area (Å²) in [5.41, 5.74) is 2.28. The highest BCUT2D eigenvalue weighted by atomic mass is 32.2. The summed E-state index contributed by atoms with van der Waals surface area (Å²) in [6.45, 7) is 3.80. The van der Waals surface area contributed by atoms with Crippen molar-refractivity contribution in [2.24, 2.45) is 0 Å². The number of benzene rings is 2. The molecule has 36 heavy (non-hydrogen) atoms. The molecule has 0 saturated carbocycles. The largest absolute Gasteiger partial charge is 0.363 e. The number of nitrogens with zero attached hydrogens (tertiary/aromatic N) is 5. The van der Waals surface area contributed by atoms with Gasteiger partial charge in [-0.05, 0) is 43.3 Å². The van der Waals surface area contributed by atoms with Crippen LogP contribution in [0, 0.1) is 6.92 Å². The van der Waals surface area contributed by atoms with Crippen LogP contribution in [-0.4, -0.2) is 54.0 Å². The fraction of sp³-hybridized carbons (Fsp3) is 0.192. The first-order chi connectivity index (χ1) is 17.5. The zero-order valence-corrected chi connectivity index (χ0v) is 21.2. The predicted octanol–water partition coefficient (Wildman–Crippen LogP) is 4.74. The molecule has 8 nitrogen and oxygen atoms in total. The maximum atomic E-state index is 14.1. The van der Waals surface area contributed by atoms with Gasteiger partial charge in [0.1, 0.15) is 22.5 Å². The molecule has 182 valence electrons. The molecule has 0 radical (unpaired) electrons. The van der Waals surface area contributed by atoms with Crippen LogP contribution in [-0.2, 0) is 10.0 Å². The minimum Gasteiger partial charge on any atom is -0.363 e. The van der Waals surface area contributed by atoms with E-state index in [9.17, 15) is 8.42 Å². The maximum absolute atomic E-state index is 14.1. The van der Waals surface area contributed by atoms with E-state index in [1.807, 2.05) is 55.5 Å². The molecule has 1 saturated heterocycles. The van der Waals surface area contributed by atoms with Crippen LogP contribution in [0.1, 0.15) is 5.69 Å². The molecule has 1 aliphatic rings. The third-order valence-corrected chi connectivity index (χ3v) is 9.55. The number of fused-ring (bicyclic) bond motifs is 2. The molecule has 0 spiro atoms. The van der Waals surface area contributed by atoms with Crippen LogP contribution in [0.25, 0.3) is 21.8 Å². The molecule has 1 fully saturated rings. The van der Waals surface area contributed by atoms with E-state index in [1.54, 1.807) is 22.6 Å². The third-order valence-electron chi connectivity index (χ3n) is 6.31. The molecule has 0 N–H and O–H groups in total. The Bertz CT molecular complexity index is 1670. The molecule has 0 bridgehead atoms. The summed E-state index contributed by atoms with van der Waals surface area (Å²) in [6.07, 6.45) is 3.16. The predicted molar refractivity (Wildman–Crippen MR) is 140 cm³/mol. The first-order valence-electron chi connectivity index (χ1n) is 11.6. The average Bonchev–Trinajstić information content (AvgIpc) is 3.37. The van der Waals surface area contributed by atoms with Crippen molar-refractivity contribution >= 4 is 49.4 Å². The van der Waals surface area contributed by atoms with Gasteiger partial charge in [0.2, 0.25) is 10.0 Å². The van der Waals surface area contributed by atoms with Crippen LogP contribution in [0.4, 0.5) is 5.82 Å². The average molecular weight is 518 g/mol. The van der Waals surface area contributed by atoms with Crippen molar-refractivity contribution in [2.45, 2.75) is 21.6 Å². The Labute approximate surface area is 213 Å². The smallest absolute Gasteiger partial charge is 0.245 e. The molecular formula is C26H23N5O3S2. The van der Waals surface area contributed by atoms with E-state index >= 15 is 0 Å². The SMILES string of the molecule is Cc1cccc(N2CCN(S(=O)(=O)c3c(Sc4cccc5cccnc45)ccc4nocc34)CC2)n1. The van der Waals surface area contributed by atoms with Crippen LogP contribution in [0.5, 0.6) is 0 Å². The number of aryl methyl sites for hydroxylation is 1. The summed E-state index contributed by atoms with van der Waals surface area (Å²) in [4.78, 5) is 13.0. The fourth-order valence-corrected chi connectivity index (χ4v) is 7.60. The van der Waals surface area contributed by atoms with Gasteiger partial charge in [-0.15, -0.1) is 0 Å². The second-order valence-electron chi connectivity index (χ2n) is 8.60. The van der Waals surface area contributed by atoms with Gasteiger partial charge in [-0.2, -0.15) is 4.31 Å². The summed E-state index contributed by atoms with van der Waals surface area (Å²) in [5.74, 6) is 0.868. The van der Waals surface area contributed by atoms with Crippen LogP contribution >= 0.6 is 11.8 Å². The molecule has 0 unspecified atom stereocenters. The standard InChI is InChI=1S/C26H23N5O3S2/c1-18-5-2-9-24(28-18)30-13-15-31(16-14-30)36(32,33)26-20-17-34-29-21(20)10-11-23(26)35-22-8-3-6-19-7-4-12-27-25(19)22/h2-12,17H,13-16H2,1H3. The lowest BCUT2D eigenvalue weighted by atomic mass is 10.2. The van der Waals surface area contributed by atoms with E-state index in [1.165, 1.54) is 18.0 Å². The second-order valence-corrected chi connectivity index (χ2v) is 11.6. The number of aromatic nitrogens is 3. The van der Waals surface area contributed by atoms with Gasteiger partial charge in [-0.3, -0.25) is 4.98 Å². The zero-order chi connectivity index (χ0) is 24.7. The van der Waals surface area contributed by atoms with Gasteiger partial charge in [-0.1, -0.05) is 41.2 Å². The Morgan fingerprint density at radius 1 is 0.917 bits per heavy atom. The van der Waals surface area contributed by atoms with Crippen molar-refractivity contribution in [1.29, 1.82) is 0 Å². The summed E-state index contributed by atoms with van der Waals surface area (Å²) in [5, 5.41) is 5.48. The van der Waals surface area contributed by atoms with Gasteiger partial charge >= 0.3 is 0 Å². The van der Waals surface area contributed by atoms with Gasteiger partial charge < -0.3 is 9.42 Å². The monoisotopic (exact) mass is 517 g/mol. The maximum Gasteiger partial charge on any atom is 0.245 e. The quantitative estimate of drug-likeness (QED) is 0.330. The van der Waals surface area contributed by atoms with E-state index < -0.39 is 10.0 Å². The number of para-hydroxylation sites is 1. The lowest BCUT2D eigenvalue weighted by Crippen LogP contribution is -2.49. The van der Waals surface area contributed by atoms with Crippen molar-refractivity contribution in [3.05, 3.63) is 78.8 Å². The summed E-state index contributed by atoms with van der Waals surface area (Å²) >= 11 is 1.39. The highest BCUT2D eigenvalue weighted by molar-refractivity contribution is 8.00. The van der Waals surface area contributed by atoms with E-state index in [0.717, 1.165) is 27.3 Å². The normalized spacial score (nSPS) is 15.1. The minimum absolute atomic E-state index is 0.223. The molecular weight excluding hydrogens is 494 g/mol. The molecule has 0 aliphatic carbocycles. The molecule has 2 aromatic carbocycles. The molecule has 10 heteroatoms. The highest BCUT2D eigenvalue weighted by Crippen LogP contribution is 2.40. The van der Waals surface area contributed by atoms with Crippen molar-refractivity contribution in [3.63, 3.8) is 0 Å². The summed E-state index contributed by atoms with van der Waals surface area (Å²) in [6, 6.07) is 19.3. The summed E-state index contributed by atoms with van der Waals surface area (Å²) in [7, 11) is -3.83. The first-order valence-corrected chi connectivity index (χ1v) is 13.8. The Kier molecular flexibility index (Phi) is 5.87. The number of hydrogen-bond acceptors (Lipinski definition) is 8. The lowest BCUT2D eigenvalue weighted by molar-refractivity contribution is 0.383. The second kappa shape index (κ2) is 9.20. The topological polar surface area (TPSA) is 92.4 Å². The minimum atomic E-state index is -3.83. The number of pyridine rings is 2. The Morgan fingerprint density at radius 2 is 1.72 bits per heavy atom. The molecule has 0 amide bonds. The van der Waals surface area contributed by atoms with Gasteiger partial charge in [-0.25, -0.2) is 13.4 Å². The van der Waals surface area contributed by atoms with Crippen LogP contribution in [0.15, 0.2) is 92.3 Å². The van der Waals surface area contributed by atoms with E-state index in [0.29, 0.717) is 42.0 Å². The van der Waals surface area contributed by atoms with Crippen molar-refractivity contribution in [2.75, 3.05) is 31.1 Å². The lowest BCUT2D eigenvalue weighted by Gasteiger charge is -2.35. The van der Waals surface area contributed by atoms with Gasteiger partial charge in [0.15, 0.2) is 0 Å². The van der Waals surface area contributed by atoms with Crippen molar-refractivity contribution < 1.29 is 12.9 Å². The van der Waals surface area contributed by atoms with Crippen LogP contribution in [0.2, 0.25) is 0 Å². The molecule has 3 aromatic heterocycles. The van der Waals surface area contributed by atoms with Gasteiger partial charge in [0.25, 0.3) is 0 Å². The van der Waals surface area contributed by atoms with Gasteiger partial charge in [0.05, 0.1) is 10.9 Å². The number of hydrogen-bond donors (Lipinski definition) is 0. The first kappa shape index (κ1) is 23.0. The van der Waals surface area contributed by atoms with Gasteiger partial charge in [0, 0.05) is 53.2 Å².